The number of carboxylic acids is 1. The second-order valence-corrected chi connectivity index (χ2v) is 8.63. The van der Waals surface area contributed by atoms with Crippen LogP contribution in [0.15, 0.2) is 75.2 Å². The Morgan fingerprint density at radius 3 is 2.67 bits per heavy atom. The molecule has 0 fully saturated rings. The van der Waals surface area contributed by atoms with Gasteiger partial charge in [0.1, 0.15) is 17.0 Å². The number of benzene rings is 3. The number of carbonyl (C=O) groups is 1. The van der Waals surface area contributed by atoms with Gasteiger partial charge in [-0.1, -0.05) is 47.5 Å². The van der Waals surface area contributed by atoms with E-state index in [0.717, 1.165) is 17.3 Å². The third kappa shape index (κ3) is 5.63. The van der Waals surface area contributed by atoms with E-state index in [4.69, 9.17) is 37.1 Å². The first-order chi connectivity index (χ1) is 15.9. The fourth-order valence-electron chi connectivity index (χ4n) is 2.96. The number of hydrogen-bond acceptors (Lipinski definition) is 6. The summed E-state index contributed by atoms with van der Waals surface area (Å²) in [7, 11) is 1.51. The van der Waals surface area contributed by atoms with E-state index < -0.39 is 5.97 Å². The predicted octanol–water partition coefficient (Wildman–Crippen LogP) is 6.94. The van der Waals surface area contributed by atoms with Gasteiger partial charge in [0.2, 0.25) is 0 Å². The first-order valence-corrected chi connectivity index (χ1v) is 11.2. The van der Waals surface area contributed by atoms with Crippen molar-refractivity contribution in [3.63, 3.8) is 0 Å². The van der Waals surface area contributed by atoms with E-state index in [2.05, 4.69) is 4.98 Å². The second-order valence-electron chi connectivity index (χ2n) is 6.80. The molecule has 0 aliphatic heterocycles. The lowest BCUT2D eigenvalue weighted by Crippen LogP contribution is -1.99. The molecule has 1 aromatic heterocycles. The minimum Gasteiger partial charge on any atom is -0.493 e. The maximum atomic E-state index is 11.8. The normalized spacial score (nSPS) is 11.5. The average molecular weight is 502 g/mol. The Labute approximate surface area is 203 Å². The topological polar surface area (TPSA) is 81.8 Å². The molecule has 4 rings (SSSR count). The Kier molecular flexibility index (Phi) is 7.13. The van der Waals surface area contributed by atoms with E-state index in [9.17, 15) is 9.90 Å². The van der Waals surface area contributed by atoms with E-state index >= 15 is 0 Å². The van der Waals surface area contributed by atoms with Crippen LogP contribution >= 0.6 is 35.0 Å². The number of aliphatic carboxylic acids is 1. The summed E-state index contributed by atoms with van der Waals surface area (Å²) in [6, 6.07) is 17.5. The number of thioether (sulfide) groups is 1. The van der Waals surface area contributed by atoms with Crippen molar-refractivity contribution in [2.45, 2.75) is 11.8 Å². The van der Waals surface area contributed by atoms with Gasteiger partial charge in [-0.05, 0) is 59.8 Å². The number of nitrogens with zero attached hydrogens (tertiary/aromatic N) is 1. The van der Waals surface area contributed by atoms with Gasteiger partial charge in [-0.25, -0.2) is 9.78 Å². The number of aromatic nitrogens is 1. The number of ether oxygens (including phenoxy) is 2. The van der Waals surface area contributed by atoms with Crippen molar-refractivity contribution in [2.75, 3.05) is 7.11 Å². The molecule has 0 atom stereocenters. The Hall–Kier alpha value is -3.13. The van der Waals surface area contributed by atoms with Crippen LogP contribution < -0.4 is 9.47 Å². The summed E-state index contributed by atoms with van der Waals surface area (Å²) in [4.78, 5) is 16.2. The molecule has 1 heterocycles. The standard InChI is InChI=1S/C24H17Cl2NO5S/c1-30-21-10-14(6-9-20(21)31-13-15-7-8-16(25)12-17(15)26)11-22(23(28)29)33-24-27-18-4-2-3-5-19(18)32-24/h2-12H,13H2,1H3,(H,28,29)/b22-11-. The highest BCUT2D eigenvalue weighted by molar-refractivity contribution is 8.03. The van der Waals surface area contributed by atoms with Gasteiger partial charge in [-0.2, -0.15) is 0 Å². The van der Waals surface area contributed by atoms with Crippen LogP contribution in [0, 0.1) is 0 Å². The van der Waals surface area contributed by atoms with Gasteiger partial charge >= 0.3 is 5.97 Å². The molecule has 1 N–H and O–H groups in total. The summed E-state index contributed by atoms with van der Waals surface area (Å²) in [6.07, 6.45) is 1.52. The molecule has 0 amide bonds. The predicted molar refractivity (Wildman–Crippen MR) is 129 cm³/mol. The summed E-state index contributed by atoms with van der Waals surface area (Å²) in [5.41, 5.74) is 2.64. The maximum absolute atomic E-state index is 11.8. The maximum Gasteiger partial charge on any atom is 0.342 e. The first kappa shape index (κ1) is 23.0. The van der Waals surface area contributed by atoms with Gasteiger partial charge < -0.3 is 19.0 Å². The van der Waals surface area contributed by atoms with Crippen LogP contribution in [0.1, 0.15) is 11.1 Å². The SMILES string of the molecule is COc1cc(/C=C(\Sc2nc3ccccc3o2)C(=O)O)ccc1OCc1ccc(Cl)cc1Cl. The fraction of sp³-hybridized carbons (Fsp3) is 0.0833. The minimum absolute atomic E-state index is 0.0465. The van der Waals surface area contributed by atoms with Crippen LogP contribution in [-0.2, 0) is 11.4 Å². The molecule has 0 unspecified atom stereocenters. The molecule has 0 aliphatic rings. The van der Waals surface area contributed by atoms with Crippen molar-refractivity contribution in [3.05, 3.63) is 86.7 Å². The Balaban J connectivity index is 1.54. The zero-order chi connectivity index (χ0) is 23.4. The van der Waals surface area contributed by atoms with E-state index in [0.29, 0.717) is 38.2 Å². The number of halogens is 2. The molecule has 0 bridgehead atoms. The Morgan fingerprint density at radius 1 is 1.12 bits per heavy atom. The number of oxazole rings is 1. The van der Waals surface area contributed by atoms with E-state index in [1.54, 1.807) is 48.5 Å². The summed E-state index contributed by atoms with van der Waals surface area (Å²) in [6.45, 7) is 0.218. The zero-order valence-corrected chi connectivity index (χ0v) is 19.6. The summed E-state index contributed by atoms with van der Waals surface area (Å²) in [5, 5.41) is 11.0. The highest BCUT2D eigenvalue weighted by Gasteiger charge is 2.16. The van der Waals surface area contributed by atoms with Crippen molar-refractivity contribution in [3.8, 4) is 11.5 Å². The molecule has 4 aromatic rings. The van der Waals surface area contributed by atoms with Gasteiger partial charge in [-0.15, -0.1) is 0 Å². The number of carboxylic acid groups (broad SMARTS) is 1. The summed E-state index contributed by atoms with van der Waals surface area (Å²) >= 11 is 13.1. The highest BCUT2D eigenvalue weighted by Crippen LogP contribution is 2.34. The van der Waals surface area contributed by atoms with Crippen LogP contribution in [-0.4, -0.2) is 23.2 Å². The van der Waals surface area contributed by atoms with Crippen LogP contribution in [0.5, 0.6) is 11.5 Å². The van der Waals surface area contributed by atoms with E-state index in [1.807, 2.05) is 12.1 Å². The Morgan fingerprint density at radius 2 is 1.94 bits per heavy atom. The molecule has 6 nitrogen and oxygen atoms in total. The largest absolute Gasteiger partial charge is 0.493 e. The van der Waals surface area contributed by atoms with Gasteiger partial charge in [0, 0.05) is 15.6 Å². The molecule has 0 aliphatic carbocycles. The molecule has 0 saturated heterocycles. The number of para-hydroxylation sites is 2. The van der Waals surface area contributed by atoms with Crippen LogP contribution in [0.25, 0.3) is 17.2 Å². The lowest BCUT2D eigenvalue weighted by molar-refractivity contribution is -0.131. The lowest BCUT2D eigenvalue weighted by Gasteiger charge is -2.12. The number of fused-ring (bicyclic) bond motifs is 1. The second kappa shape index (κ2) is 10.2. The molecule has 0 radical (unpaired) electrons. The monoisotopic (exact) mass is 501 g/mol. The van der Waals surface area contributed by atoms with Crippen molar-refractivity contribution in [2.24, 2.45) is 0 Å². The zero-order valence-electron chi connectivity index (χ0n) is 17.2. The molecule has 9 heteroatoms. The van der Waals surface area contributed by atoms with E-state index in [-0.39, 0.29) is 16.7 Å². The van der Waals surface area contributed by atoms with Gasteiger partial charge in [0.05, 0.1) is 7.11 Å². The molecule has 3 aromatic carbocycles. The number of hydrogen-bond donors (Lipinski definition) is 1. The van der Waals surface area contributed by atoms with Crippen molar-refractivity contribution < 1.29 is 23.8 Å². The molecular weight excluding hydrogens is 485 g/mol. The van der Waals surface area contributed by atoms with Gasteiger partial charge in [0.25, 0.3) is 5.22 Å². The van der Waals surface area contributed by atoms with Crippen molar-refractivity contribution in [1.82, 2.24) is 4.98 Å². The molecular formula is C24H17Cl2NO5S. The summed E-state index contributed by atoms with van der Waals surface area (Å²) in [5.74, 6) is -0.159. The summed E-state index contributed by atoms with van der Waals surface area (Å²) < 4.78 is 16.9. The third-order valence-electron chi connectivity index (χ3n) is 4.57. The smallest absolute Gasteiger partial charge is 0.342 e. The number of rotatable bonds is 8. The molecule has 33 heavy (non-hydrogen) atoms. The van der Waals surface area contributed by atoms with Gasteiger partial charge in [0.15, 0.2) is 17.1 Å². The van der Waals surface area contributed by atoms with Crippen molar-refractivity contribution in [1.29, 1.82) is 0 Å². The highest BCUT2D eigenvalue weighted by atomic mass is 35.5. The molecule has 0 spiro atoms. The van der Waals surface area contributed by atoms with Crippen LogP contribution in [0.4, 0.5) is 0 Å². The number of methoxy groups -OCH3 is 1. The van der Waals surface area contributed by atoms with Gasteiger partial charge in [-0.3, -0.25) is 0 Å². The fourth-order valence-corrected chi connectivity index (χ4v) is 4.17. The van der Waals surface area contributed by atoms with Crippen molar-refractivity contribution >= 4 is 58.1 Å². The Bertz CT molecular complexity index is 1320. The van der Waals surface area contributed by atoms with Crippen LogP contribution in [0.2, 0.25) is 10.0 Å². The van der Waals surface area contributed by atoms with E-state index in [1.165, 1.54) is 13.2 Å². The average Bonchev–Trinajstić information content (AvgIpc) is 3.21. The quantitative estimate of drug-likeness (QED) is 0.206. The molecule has 168 valence electrons. The lowest BCUT2D eigenvalue weighted by atomic mass is 10.2. The third-order valence-corrected chi connectivity index (χ3v) is 6.01. The first-order valence-electron chi connectivity index (χ1n) is 9.66. The molecule has 0 saturated carbocycles. The minimum atomic E-state index is -1.10. The van der Waals surface area contributed by atoms with Crippen LogP contribution in [0.3, 0.4) is 0 Å².